The van der Waals surface area contributed by atoms with Crippen LogP contribution in [0.3, 0.4) is 0 Å². The monoisotopic (exact) mass is 323 g/mol. The van der Waals surface area contributed by atoms with Gasteiger partial charge in [0.1, 0.15) is 0 Å². The summed E-state index contributed by atoms with van der Waals surface area (Å²) < 4.78 is 2.18. The molecule has 0 bridgehead atoms. The average Bonchev–Trinajstić information content (AvgIpc) is 3.15. The second-order valence-corrected chi connectivity index (χ2v) is 7.25. The van der Waals surface area contributed by atoms with E-state index < -0.39 is 0 Å². The molecule has 0 amide bonds. The highest BCUT2D eigenvalue weighted by Crippen LogP contribution is 2.50. The average molecular weight is 323 g/mol. The lowest BCUT2D eigenvalue weighted by Crippen LogP contribution is -2.14. The number of hydrogen-bond acceptors (Lipinski definition) is 4. The highest BCUT2D eigenvalue weighted by atomic mass is 32.2. The van der Waals surface area contributed by atoms with Crippen LogP contribution in [0.5, 0.6) is 0 Å². The molecule has 5 heteroatoms. The molecule has 2 aromatic heterocycles. The molecule has 0 saturated carbocycles. The van der Waals surface area contributed by atoms with Crippen LogP contribution >= 0.6 is 23.1 Å². The van der Waals surface area contributed by atoms with E-state index in [1.807, 2.05) is 23.6 Å². The molecule has 3 heterocycles. The van der Waals surface area contributed by atoms with Gasteiger partial charge in [0, 0.05) is 28.4 Å². The fraction of sp³-hybridized carbons (Fsp3) is 0.118. The summed E-state index contributed by atoms with van der Waals surface area (Å²) in [5, 5.41) is 14.6. The molecular formula is C17H13N3S2. The Hall–Kier alpha value is -2.16. The van der Waals surface area contributed by atoms with Gasteiger partial charge in [0.05, 0.1) is 27.6 Å². The minimum Gasteiger partial charge on any atom is -0.392 e. The summed E-state index contributed by atoms with van der Waals surface area (Å²) in [5.41, 5.74) is 9.25. The van der Waals surface area contributed by atoms with Crippen LogP contribution in [0.1, 0.15) is 16.4 Å². The van der Waals surface area contributed by atoms with E-state index in [1.54, 1.807) is 11.3 Å². The zero-order valence-corrected chi connectivity index (χ0v) is 13.5. The van der Waals surface area contributed by atoms with Gasteiger partial charge in [-0.3, -0.25) is 0 Å². The largest absolute Gasteiger partial charge is 0.392 e. The molecule has 3 nitrogen and oxygen atoms in total. The normalized spacial score (nSPS) is 17.5. The first-order valence-electron chi connectivity index (χ1n) is 6.90. The van der Waals surface area contributed by atoms with E-state index in [2.05, 4.69) is 35.9 Å². The molecule has 1 aromatic carbocycles. The van der Waals surface area contributed by atoms with Crippen LogP contribution in [0, 0.1) is 11.3 Å². The Morgan fingerprint density at radius 1 is 1.23 bits per heavy atom. The third-order valence-corrected chi connectivity index (χ3v) is 6.15. The van der Waals surface area contributed by atoms with E-state index in [4.69, 9.17) is 5.73 Å². The fourth-order valence-electron chi connectivity index (χ4n) is 3.11. The van der Waals surface area contributed by atoms with Gasteiger partial charge in [-0.2, -0.15) is 5.26 Å². The lowest BCUT2D eigenvalue weighted by atomic mass is 9.90. The van der Waals surface area contributed by atoms with Gasteiger partial charge in [-0.1, -0.05) is 36.0 Å². The third kappa shape index (κ3) is 1.75. The van der Waals surface area contributed by atoms with Crippen LogP contribution in [0.15, 0.2) is 57.4 Å². The Kier molecular flexibility index (Phi) is 3.03. The number of thioether (sulfide) groups is 1. The number of thiophene rings is 1. The molecule has 108 valence electrons. The molecule has 0 aliphatic carbocycles. The number of aromatic nitrogens is 1. The maximum atomic E-state index is 9.63. The molecule has 2 N–H and O–H groups in total. The van der Waals surface area contributed by atoms with Gasteiger partial charge in [0.15, 0.2) is 0 Å². The molecule has 0 fully saturated rings. The first-order valence-corrected chi connectivity index (χ1v) is 8.60. The third-order valence-electron chi connectivity index (χ3n) is 4.09. The highest BCUT2D eigenvalue weighted by Gasteiger charge is 2.34. The summed E-state index contributed by atoms with van der Waals surface area (Å²) in [7, 11) is 2.06. The first kappa shape index (κ1) is 13.5. The number of benzene rings is 1. The molecule has 1 aliphatic heterocycles. The van der Waals surface area contributed by atoms with Crippen molar-refractivity contribution in [2.75, 3.05) is 0 Å². The minimum absolute atomic E-state index is 0.0626. The van der Waals surface area contributed by atoms with Crippen molar-refractivity contribution < 1.29 is 0 Å². The van der Waals surface area contributed by atoms with Crippen molar-refractivity contribution in [3.8, 4) is 6.07 Å². The molecule has 0 spiro atoms. The zero-order valence-electron chi connectivity index (χ0n) is 11.9. The molecular weight excluding hydrogens is 310 g/mol. The Balaban J connectivity index is 2.10. The van der Waals surface area contributed by atoms with E-state index in [9.17, 15) is 5.26 Å². The maximum Gasteiger partial charge on any atom is 0.0985 e. The number of nitrogens with two attached hydrogens (primary N) is 1. The SMILES string of the molecule is Cn1c2c(c3ccccc31)C(c1cccs1)C(C#N)=C(N)S2. The number of aryl methyl sites for hydroxylation is 1. The smallest absolute Gasteiger partial charge is 0.0985 e. The fourth-order valence-corrected chi connectivity index (χ4v) is 5.00. The van der Waals surface area contributed by atoms with Crippen molar-refractivity contribution in [2.24, 2.45) is 12.8 Å². The summed E-state index contributed by atoms with van der Waals surface area (Å²) in [4.78, 5) is 1.16. The predicted octanol–water partition coefficient (Wildman–Crippen LogP) is 4.17. The lowest BCUT2D eigenvalue weighted by molar-refractivity contribution is 0.817. The zero-order chi connectivity index (χ0) is 15.3. The van der Waals surface area contributed by atoms with Crippen LogP contribution in [-0.4, -0.2) is 4.57 Å². The number of fused-ring (bicyclic) bond motifs is 3. The van der Waals surface area contributed by atoms with E-state index in [0.29, 0.717) is 10.6 Å². The topological polar surface area (TPSA) is 54.7 Å². The number of rotatable bonds is 1. The molecule has 1 unspecified atom stereocenters. The van der Waals surface area contributed by atoms with Crippen molar-refractivity contribution in [1.29, 1.82) is 5.26 Å². The van der Waals surface area contributed by atoms with Gasteiger partial charge in [-0.15, -0.1) is 11.3 Å². The minimum atomic E-state index is -0.0626. The Labute approximate surface area is 136 Å². The Bertz CT molecular complexity index is 942. The van der Waals surface area contributed by atoms with Crippen LogP contribution in [0.4, 0.5) is 0 Å². The molecule has 1 aliphatic rings. The van der Waals surface area contributed by atoms with Gasteiger partial charge in [-0.25, -0.2) is 0 Å². The number of nitrogens with zero attached hydrogens (tertiary/aromatic N) is 2. The van der Waals surface area contributed by atoms with Crippen LogP contribution in [0.25, 0.3) is 10.9 Å². The molecule has 3 aromatic rings. The molecule has 0 saturated heterocycles. The van der Waals surface area contributed by atoms with E-state index >= 15 is 0 Å². The van der Waals surface area contributed by atoms with Gasteiger partial charge < -0.3 is 10.3 Å². The second-order valence-electron chi connectivity index (χ2n) is 5.24. The molecule has 0 radical (unpaired) electrons. The summed E-state index contributed by atoms with van der Waals surface area (Å²) in [6, 6.07) is 14.8. The maximum absolute atomic E-state index is 9.63. The van der Waals surface area contributed by atoms with Gasteiger partial charge in [0.25, 0.3) is 0 Å². The quantitative estimate of drug-likeness (QED) is 0.731. The number of nitriles is 1. The van der Waals surface area contributed by atoms with Crippen LogP contribution in [-0.2, 0) is 7.05 Å². The van der Waals surface area contributed by atoms with Crippen molar-refractivity contribution in [1.82, 2.24) is 4.57 Å². The van der Waals surface area contributed by atoms with E-state index in [-0.39, 0.29) is 5.92 Å². The van der Waals surface area contributed by atoms with Gasteiger partial charge >= 0.3 is 0 Å². The number of hydrogen-bond donors (Lipinski definition) is 1. The second kappa shape index (κ2) is 4.94. The number of allylic oxidation sites excluding steroid dienone is 1. The van der Waals surface area contributed by atoms with Gasteiger partial charge in [-0.05, 0) is 17.5 Å². The van der Waals surface area contributed by atoms with Crippen molar-refractivity contribution in [3.05, 3.63) is 62.8 Å². The lowest BCUT2D eigenvalue weighted by Gasteiger charge is -2.23. The number of para-hydroxylation sites is 1. The molecule has 4 rings (SSSR count). The Morgan fingerprint density at radius 2 is 2.05 bits per heavy atom. The summed E-state index contributed by atoms with van der Waals surface area (Å²) in [6.45, 7) is 0. The first-order chi connectivity index (χ1) is 10.7. The summed E-state index contributed by atoms with van der Waals surface area (Å²) >= 11 is 3.17. The van der Waals surface area contributed by atoms with E-state index in [1.165, 1.54) is 28.2 Å². The van der Waals surface area contributed by atoms with Crippen LogP contribution < -0.4 is 5.73 Å². The van der Waals surface area contributed by atoms with Crippen LogP contribution in [0.2, 0.25) is 0 Å². The highest BCUT2D eigenvalue weighted by molar-refractivity contribution is 8.03. The van der Waals surface area contributed by atoms with Gasteiger partial charge in [0.2, 0.25) is 0 Å². The van der Waals surface area contributed by atoms with Crippen molar-refractivity contribution in [3.63, 3.8) is 0 Å². The van der Waals surface area contributed by atoms with E-state index in [0.717, 1.165) is 9.90 Å². The van der Waals surface area contributed by atoms with Crippen molar-refractivity contribution >= 4 is 34.0 Å². The summed E-state index contributed by atoms with van der Waals surface area (Å²) in [5.74, 6) is -0.0626. The van der Waals surface area contributed by atoms with Crippen molar-refractivity contribution in [2.45, 2.75) is 10.9 Å². The molecule has 22 heavy (non-hydrogen) atoms. The Morgan fingerprint density at radius 3 is 2.77 bits per heavy atom. The predicted molar refractivity (Wildman–Crippen MR) is 91.8 cm³/mol. The summed E-state index contributed by atoms with van der Waals surface area (Å²) in [6.07, 6.45) is 0. The molecule has 1 atom stereocenters. The standard InChI is InChI=1S/C17H13N3S2/c1-20-12-6-3-2-5-10(12)15-14(13-7-4-8-21-13)11(9-18)16(19)22-17(15)20/h2-8,14H,19H2,1H3.